The highest BCUT2D eigenvalue weighted by atomic mass is 35.5. The fraction of sp³-hybridized carbons (Fsp3) is 0.100. The summed E-state index contributed by atoms with van der Waals surface area (Å²) in [6, 6.07) is 14.5. The van der Waals surface area contributed by atoms with Gasteiger partial charge in [0.25, 0.3) is 0 Å². The summed E-state index contributed by atoms with van der Waals surface area (Å²) in [5, 5.41) is 7.47. The van der Waals surface area contributed by atoms with E-state index < -0.39 is 0 Å². The molecule has 4 heteroatoms. The van der Waals surface area contributed by atoms with Crippen LogP contribution in [0.2, 0.25) is 0 Å². The average Bonchev–Trinajstić information content (AvgIpc) is 2.59. The third kappa shape index (κ3) is 3.47. The third-order valence-electron chi connectivity index (χ3n) is 3.92. The maximum Gasteiger partial charge on any atom is 0.193 e. The van der Waals surface area contributed by atoms with Crippen molar-refractivity contribution < 1.29 is 4.79 Å². The minimum atomic E-state index is -0.389. The van der Waals surface area contributed by atoms with Gasteiger partial charge in [-0.3, -0.25) is 4.79 Å². The molecule has 0 saturated carbocycles. The Morgan fingerprint density at radius 2 is 1.92 bits per heavy atom. The van der Waals surface area contributed by atoms with E-state index in [0.717, 1.165) is 11.1 Å². The monoisotopic (exact) mass is 336 g/mol. The average molecular weight is 337 g/mol. The number of alkyl halides is 1. The Hall–Kier alpha value is -2.65. The first-order valence-corrected chi connectivity index (χ1v) is 8.07. The van der Waals surface area contributed by atoms with Crippen LogP contribution in [0.3, 0.4) is 0 Å². The SMILES string of the molecule is N=C1C=C(Cc2cc(N)ccc2C(=O)c2ccccc2)C=CC1Cl. The lowest BCUT2D eigenvalue weighted by Gasteiger charge is -2.14. The number of carbonyl (C=O) groups is 1. The number of rotatable bonds is 4. The van der Waals surface area contributed by atoms with E-state index in [1.54, 1.807) is 36.4 Å². The zero-order valence-corrected chi connectivity index (χ0v) is 13.8. The lowest BCUT2D eigenvalue weighted by atomic mass is 9.92. The van der Waals surface area contributed by atoms with Crippen molar-refractivity contribution in [3.8, 4) is 0 Å². The Labute approximate surface area is 146 Å². The number of allylic oxidation sites excluding steroid dienone is 4. The van der Waals surface area contributed by atoms with Gasteiger partial charge in [0, 0.05) is 16.8 Å². The summed E-state index contributed by atoms with van der Waals surface area (Å²) >= 11 is 5.99. The fourth-order valence-electron chi connectivity index (χ4n) is 2.70. The van der Waals surface area contributed by atoms with Crippen LogP contribution in [0.25, 0.3) is 0 Å². The normalized spacial score (nSPS) is 16.8. The van der Waals surface area contributed by atoms with Crippen LogP contribution in [-0.2, 0) is 6.42 Å². The van der Waals surface area contributed by atoms with E-state index in [9.17, 15) is 4.79 Å². The van der Waals surface area contributed by atoms with Crippen molar-refractivity contribution in [2.75, 3.05) is 5.73 Å². The topological polar surface area (TPSA) is 66.9 Å². The van der Waals surface area contributed by atoms with E-state index in [1.165, 1.54) is 0 Å². The maximum atomic E-state index is 12.8. The molecular formula is C20H17ClN2O. The smallest absolute Gasteiger partial charge is 0.193 e. The van der Waals surface area contributed by atoms with Gasteiger partial charge >= 0.3 is 0 Å². The van der Waals surface area contributed by atoms with Crippen LogP contribution in [0.4, 0.5) is 5.69 Å². The van der Waals surface area contributed by atoms with Gasteiger partial charge in [-0.2, -0.15) is 0 Å². The van der Waals surface area contributed by atoms with E-state index in [4.69, 9.17) is 22.7 Å². The van der Waals surface area contributed by atoms with E-state index in [1.807, 2.05) is 30.3 Å². The Bertz CT molecular complexity index is 853. The number of halogens is 1. The molecule has 120 valence electrons. The molecule has 2 aromatic carbocycles. The molecule has 2 aromatic rings. The van der Waals surface area contributed by atoms with Gasteiger partial charge < -0.3 is 11.1 Å². The molecule has 0 radical (unpaired) electrons. The van der Waals surface area contributed by atoms with Crippen LogP contribution < -0.4 is 5.73 Å². The number of nitrogens with two attached hydrogens (primary N) is 1. The first-order chi connectivity index (χ1) is 11.5. The van der Waals surface area contributed by atoms with E-state index in [2.05, 4.69) is 0 Å². The molecule has 0 aliphatic heterocycles. The molecule has 0 fully saturated rings. The van der Waals surface area contributed by atoms with Crippen molar-refractivity contribution in [3.05, 3.63) is 89.0 Å². The summed E-state index contributed by atoms with van der Waals surface area (Å²) in [5.74, 6) is -0.0312. The molecule has 1 unspecified atom stereocenters. The van der Waals surface area contributed by atoms with Crippen molar-refractivity contribution in [1.82, 2.24) is 0 Å². The number of ketones is 1. The zero-order chi connectivity index (χ0) is 17.1. The summed E-state index contributed by atoms with van der Waals surface area (Å²) in [5.41, 5.74) is 9.93. The van der Waals surface area contributed by atoms with Crippen LogP contribution in [0.1, 0.15) is 21.5 Å². The molecule has 3 rings (SSSR count). The summed E-state index contributed by atoms with van der Waals surface area (Å²) in [6.45, 7) is 0. The lowest BCUT2D eigenvalue weighted by molar-refractivity contribution is 0.103. The Morgan fingerprint density at radius 3 is 2.62 bits per heavy atom. The van der Waals surface area contributed by atoms with Crippen LogP contribution in [-0.4, -0.2) is 16.9 Å². The third-order valence-corrected chi connectivity index (χ3v) is 4.30. The minimum absolute atomic E-state index is 0.0312. The van der Waals surface area contributed by atoms with Gasteiger partial charge in [-0.05, 0) is 41.8 Å². The van der Waals surface area contributed by atoms with E-state index in [0.29, 0.717) is 28.9 Å². The molecular weight excluding hydrogens is 320 g/mol. The summed E-state index contributed by atoms with van der Waals surface area (Å²) in [4.78, 5) is 12.8. The van der Waals surface area contributed by atoms with Crippen LogP contribution >= 0.6 is 11.6 Å². The van der Waals surface area contributed by atoms with Gasteiger partial charge in [-0.15, -0.1) is 11.6 Å². The number of hydrogen-bond donors (Lipinski definition) is 2. The zero-order valence-electron chi connectivity index (χ0n) is 13.0. The molecule has 3 N–H and O–H groups in total. The van der Waals surface area contributed by atoms with Gasteiger partial charge in [0.05, 0.1) is 11.1 Å². The fourth-order valence-corrected chi connectivity index (χ4v) is 2.83. The Kier molecular flexibility index (Phi) is 4.63. The summed E-state index contributed by atoms with van der Waals surface area (Å²) in [6.07, 6.45) is 5.96. The molecule has 1 aliphatic rings. The molecule has 3 nitrogen and oxygen atoms in total. The van der Waals surface area contributed by atoms with Crippen molar-refractivity contribution >= 4 is 28.8 Å². The molecule has 0 heterocycles. The number of hydrogen-bond acceptors (Lipinski definition) is 3. The molecule has 0 saturated heterocycles. The maximum absolute atomic E-state index is 12.8. The van der Waals surface area contributed by atoms with Gasteiger partial charge in [0.1, 0.15) is 0 Å². The summed E-state index contributed by atoms with van der Waals surface area (Å²) in [7, 11) is 0. The first-order valence-electron chi connectivity index (χ1n) is 7.64. The van der Waals surface area contributed by atoms with Crippen LogP contribution in [0, 0.1) is 5.41 Å². The highest BCUT2D eigenvalue weighted by Gasteiger charge is 2.16. The second-order valence-corrected chi connectivity index (χ2v) is 6.19. The van der Waals surface area contributed by atoms with Gasteiger partial charge in [0.15, 0.2) is 5.78 Å². The molecule has 1 aliphatic carbocycles. The molecule has 0 spiro atoms. The summed E-state index contributed by atoms with van der Waals surface area (Å²) < 4.78 is 0. The van der Waals surface area contributed by atoms with Crippen molar-refractivity contribution in [2.45, 2.75) is 11.8 Å². The quantitative estimate of drug-likeness (QED) is 0.500. The van der Waals surface area contributed by atoms with E-state index >= 15 is 0 Å². The standard InChI is InChI=1S/C20H17ClN2O/c21-18-9-6-13(11-19(18)23)10-15-12-16(22)7-8-17(15)20(24)14-4-2-1-3-5-14/h1-9,11-12,18,23H,10,22H2. The predicted molar refractivity (Wildman–Crippen MR) is 99.0 cm³/mol. The van der Waals surface area contributed by atoms with Crippen molar-refractivity contribution in [2.24, 2.45) is 0 Å². The highest BCUT2D eigenvalue weighted by molar-refractivity contribution is 6.35. The van der Waals surface area contributed by atoms with Crippen LogP contribution in [0.5, 0.6) is 0 Å². The number of anilines is 1. The highest BCUT2D eigenvalue weighted by Crippen LogP contribution is 2.23. The molecule has 0 amide bonds. The number of nitrogens with one attached hydrogen (secondary N) is 1. The molecule has 1 atom stereocenters. The molecule has 0 bridgehead atoms. The van der Waals surface area contributed by atoms with Gasteiger partial charge in [-0.25, -0.2) is 0 Å². The van der Waals surface area contributed by atoms with Crippen molar-refractivity contribution in [1.29, 1.82) is 5.41 Å². The van der Waals surface area contributed by atoms with Gasteiger partial charge in [-0.1, -0.05) is 42.5 Å². The second-order valence-electron chi connectivity index (χ2n) is 5.72. The second kappa shape index (κ2) is 6.85. The van der Waals surface area contributed by atoms with Crippen molar-refractivity contribution in [3.63, 3.8) is 0 Å². The first kappa shape index (κ1) is 16.2. The Balaban J connectivity index is 1.95. The largest absolute Gasteiger partial charge is 0.399 e. The predicted octanol–water partition coefficient (Wildman–Crippen LogP) is 4.17. The van der Waals surface area contributed by atoms with E-state index in [-0.39, 0.29) is 11.2 Å². The van der Waals surface area contributed by atoms with Gasteiger partial charge in [0.2, 0.25) is 0 Å². The minimum Gasteiger partial charge on any atom is -0.399 e. The number of carbonyl (C=O) groups excluding carboxylic acids is 1. The lowest BCUT2D eigenvalue weighted by Crippen LogP contribution is -2.13. The molecule has 24 heavy (non-hydrogen) atoms. The number of benzene rings is 2. The Morgan fingerprint density at radius 1 is 1.17 bits per heavy atom. The van der Waals surface area contributed by atoms with Crippen LogP contribution in [0.15, 0.2) is 72.3 Å². The number of nitrogen functional groups attached to an aromatic ring is 1. The molecule has 0 aromatic heterocycles.